The Bertz CT molecular complexity index is 599. The summed E-state index contributed by atoms with van der Waals surface area (Å²) in [5.41, 5.74) is 1.12. The maximum atomic E-state index is 12.6. The van der Waals surface area contributed by atoms with E-state index in [1.807, 2.05) is 34.1 Å². The monoisotopic (exact) mass is 330 g/mol. The minimum Gasteiger partial charge on any atom is -0.497 e. The van der Waals surface area contributed by atoms with E-state index in [4.69, 9.17) is 4.74 Å². The molecule has 24 heavy (non-hydrogen) atoms. The minimum absolute atomic E-state index is 0.152. The highest BCUT2D eigenvalue weighted by atomic mass is 16.5. The summed E-state index contributed by atoms with van der Waals surface area (Å²) >= 11 is 0. The molecule has 1 aromatic rings. The summed E-state index contributed by atoms with van der Waals surface area (Å²) in [4.78, 5) is 28.2. The second-order valence-electron chi connectivity index (χ2n) is 6.93. The highest BCUT2D eigenvalue weighted by Crippen LogP contribution is 2.32. The molecule has 0 spiro atoms. The van der Waals surface area contributed by atoms with E-state index in [-0.39, 0.29) is 11.8 Å². The third-order valence-electron chi connectivity index (χ3n) is 5.43. The number of ether oxygens (including phenoxy) is 1. The maximum absolute atomic E-state index is 12.6. The van der Waals surface area contributed by atoms with Crippen molar-refractivity contribution in [1.29, 1.82) is 0 Å². The molecule has 2 fully saturated rings. The molecule has 2 atom stereocenters. The van der Waals surface area contributed by atoms with Gasteiger partial charge in [-0.2, -0.15) is 0 Å². The van der Waals surface area contributed by atoms with Crippen LogP contribution in [0.25, 0.3) is 0 Å². The van der Waals surface area contributed by atoms with Gasteiger partial charge in [-0.25, -0.2) is 0 Å². The summed E-state index contributed by atoms with van der Waals surface area (Å²) in [6.07, 6.45) is 2.55. The number of methoxy groups -OCH3 is 1. The van der Waals surface area contributed by atoms with E-state index in [1.165, 1.54) is 0 Å². The third kappa shape index (κ3) is 3.71. The van der Waals surface area contributed by atoms with E-state index in [9.17, 15) is 9.59 Å². The Kier molecular flexibility index (Phi) is 5.07. The van der Waals surface area contributed by atoms with Gasteiger partial charge in [0.25, 0.3) is 0 Å². The molecule has 2 aliphatic heterocycles. The first kappa shape index (κ1) is 16.8. The Morgan fingerprint density at radius 3 is 2.54 bits per heavy atom. The summed E-state index contributed by atoms with van der Waals surface area (Å²) < 4.78 is 5.18. The average molecular weight is 330 g/mol. The zero-order chi connectivity index (χ0) is 17.1. The average Bonchev–Trinajstić information content (AvgIpc) is 2.74. The number of nitrogens with zero attached hydrogens (tertiary/aromatic N) is 2. The molecule has 0 N–H and O–H groups in total. The summed E-state index contributed by atoms with van der Waals surface area (Å²) in [6, 6.07) is 7.90. The predicted octanol–water partition coefficient (Wildman–Crippen LogP) is 2.30. The molecule has 0 aliphatic carbocycles. The van der Waals surface area contributed by atoms with Crippen LogP contribution in [-0.4, -0.2) is 48.4 Å². The van der Waals surface area contributed by atoms with Crippen molar-refractivity contribution in [1.82, 2.24) is 9.80 Å². The van der Waals surface area contributed by atoms with E-state index < -0.39 is 0 Å². The van der Waals surface area contributed by atoms with Crippen LogP contribution in [0.1, 0.15) is 31.7 Å². The van der Waals surface area contributed by atoms with Crippen LogP contribution in [0, 0.1) is 11.8 Å². The minimum atomic E-state index is 0.152. The maximum Gasteiger partial charge on any atom is 0.223 e. The van der Waals surface area contributed by atoms with Gasteiger partial charge in [0.1, 0.15) is 5.75 Å². The molecule has 0 saturated carbocycles. The molecule has 2 aliphatic rings. The Balaban J connectivity index is 1.64. The summed E-state index contributed by atoms with van der Waals surface area (Å²) in [5.74, 6) is 2.10. The SMILES string of the molecule is COc1ccc(CN2CC[C@H]3CN(C(C)=O)CC[C@@H]3CC2=O)cc1. The number of hydrogen-bond donors (Lipinski definition) is 0. The van der Waals surface area contributed by atoms with Gasteiger partial charge in [0.2, 0.25) is 11.8 Å². The van der Waals surface area contributed by atoms with Crippen molar-refractivity contribution in [2.75, 3.05) is 26.7 Å². The summed E-state index contributed by atoms with van der Waals surface area (Å²) in [5, 5.41) is 0. The smallest absolute Gasteiger partial charge is 0.223 e. The molecule has 0 unspecified atom stereocenters. The van der Waals surface area contributed by atoms with Crippen molar-refractivity contribution < 1.29 is 14.3 Å². The Hall–Kier alpha value is -2.04. The lowest BCUT2D eigenvalue weighted by molar-refractivity contribution is -0.132. The van der Waals surface area contributed by atoms with Crippen LogP contribution in [0.5, 0.6) is 5.75 Å². The van der Waals surface area contributed by atoms with E-state index >= 15 is 0 Å². The molecule has 5 heteroatoms. The Morgan fingerprint density at radius 2 is 1.88 bits per heavy atom. The van der Waals surface area contributed by atoms with Crippen LogP contribution in [0.3, 0.4) is 0 Å². The number of likely N-dealkylation sites (tertiary alicyclic amines) is 2. The molecule has 1 aromatic carbocycles. The number of benzene rings is 1. The second kappa shape index (κ2) is 7.24. The highest BCUT2D eigenvalue weighted by molar-refractivity contribution is 5.77. The number of fused-ring (bicyclic) bond motifs is 1. The third-order valence-corrected chi connectivity index (χ3v) is 5.43. The standard InChI is InChI=1S/C19H26N2O3/c1-14(22)20-9-7-16-11-19(23)21(10-8-17(16)13-20)12-15-3-5-18(24-2)6-4-15/h3-6,16-17H,7-13H2,1-2H3/t16-,17+/m1/s1. The largest absolute Gasteiger partial charge is 0.497 e. The normalized spacial score (nSPS) is 24.3. The summed E-state index contributed by atoms with van der Waals surface area (Å²) in [7, 11) is 1.65. The van der Waals surface area contributed by atoms with Crippen LogP contribution in [0.2, 0.25) is 0 Å². The van der Waals surface area contributed by atoms with Crippen molar-refractivity contribution in [2.45, 2.75) is 32.7 Å². The lowest BCUT2D eigenvalue weighted by Gasteiger charge is -2.36. The number of carbonyl (C=O) groups is 2. The van der Waals surface area contributed by atoms with Gasteiger partial charge in [-0.05, 0) is 42.4 Å². The lowest BCUT2D eigenvalue weighted by Crippen LogP contribution is -2.42. The van der Waals surface area contributed by atoms with Gasteiger partial charge in [-0.15, -0.1) is 0 Å². The van der Waals surface area contributed by atoms with Crippen LogP contribution in [0.15, 0.2) is 24.3 Å². The van der Waals surface area contributed by atoms with Crippen LogP contribution < -0.4 is 4.74 Å². The van der Waals surface area contributed by atoms with E-state index in [2.05, 4.69) is 0 Å². The molecular formula is C19H26N2O3. The van der Waals surface area contributed by atoms with Gasteiger partial charge in [0.05, 0.1) is 7.11 Å². The van der Waals surface area contributed by atoms with E-state index in [0.717, 1.165) is 43.8 Å². The number of hydrogen-bond acceptors (Lipinski definition) is 3. The van der Waals surface area contributed by atoms with Gasteiger partial charge in [0.15, 0.2) is 0 Å². The predicted molar refractivity (Wildman–Crippen MR) is 91.5 cm³/mol. The van der Waals surface area contributed by atoms with E-state index in [1.54, 1.807) is 14.0 Å². The highest BCUT2D eigenvalue weighted by Gasteiger charge is 2.35. The number of piperidine rings is 1. The van der Waals surface area contributed by atoms with Gasteiger partial charge >= 0.3 is 0 Å². The second-order valence-corrected chi connectivity index (χ2v) is 6.93. The van der Waals surface area contributed by atoms with Crippen molar-refractivity contribution >= 4 is 11.8 Å². The van der Waals surface area contributed by atoms with Crippen LogP contribution in [0.4, 0.5) is 0 Å². The Morgan fingerprint density at radius 1 is 1.17 bits per heavy atom. The fourth-order valence-electron chi connectivity index (χ4n) is 3.88. The fourth-order valence-corrected chi connectivity index (χ4v) is 3.88. The molecule has 0 bridgehead atoms. The van der Waals surface area contributed by atoms with Crippen molar-refractivity contribution in [3.8, 4) is 5.75 Å². The topological polar surface area (TPSA) is 49.9 Å². The molecule has 2 heterocycles. The first-order valence-electron chi connectivity index (χ1n) is 8.73. The van der Waals surface area contributed by atoms with Crippen LogP contribution >= 0.6 is 0 Å². The van der Waals surface area contributed by atoms with Crippen molar-refractivity contribution in [3.63, 3.8) is 0 Å². The zero-order valence-electron chi connectivity index (χ0n) is 14.5. The van der Waals surface area contributed by atoms with Gasteiger partial charge in [-0.3, -0.25) is 9.59 Å². The van der Waals surface area contributed by atoms with E-state index in [0.29, 0.717) is 24.8 Å². The molecule has 0 radical (unpaired) electrons. The van der Waals surface area contributed by atoms with Gasteiger partial charge < -0.3 is 14.5 Å². The lowest BCUT2D eigenvalue weighted by atomic mass is 9.82. The number of rotatable bonds is 3. The molecule has 2 saturated heterocycles. The number of amides is 2. The molecule has 0 aromatic heterocycles. The molecule has 3 rings (SSSR count). The first-order chi connectivity index (χ1) is 11.6. The number of carbonyl (C=O) groups excluding carboxylic acids is 2. The van der Waals surface area contributed by atoms with Crippen molar-refractivity contribution in [2.24, 2.45) is 11.8 Å². The fraction of sp³-hybridized carbons (Fsp3) is 0.579. The van der Waals surface area contributed by atoms with Gasteiger partial charge in [0, 0.05) is 39.5 Å². The summed E-state index contributed by atoms with van der Waals surface area (Å²) in [6.45, 7) is 4.67. The van der Waals surface area contributed by atoms with Crippen molar-refractivity contribution in [3.05, 3.63) is 29.8 Å². The molecule has 130 valence electrons. The molecule has 5 nitrogen and oxygen atoms in total. The van der Waals surface area contributed by atoms with Gasteiger partial charge in [-0.1, -0.05) is 12.1 Å². The first-order valence-corrected chi connectivity index (χ1v) is 8.73. The quantitative estimate of drug-likeness (QED) is 0.854. The molecule has 2 amide bonds. The molecular weight excluding hydrogens is 304 g/mol. The Labute approximate surface area is 143 Å². The zero-order valence-corrected chi connectivity index (χ0v) is 14.5. The van der Waals surface area contributed by atoms with Crippen LogP contribution in [-0.2, 0) is 16.1 Å².